The summed E-state index contributed by atoms with van der Waals surface area (Å²) in [6, 6.07) is 3.14. The quantitative estimate of drug-likeness (QED) is 0.593. The predicted molar refractivity (Wildman–Crippen MR) is 81.8 cm³/mol. The third-order valence-corrected chi connectivity index (χ3v) is 2.84. The van der Waals surface area contributed by atoms with Crippen molar-refractivity contribution in [1.29, 1.82) is 0 Å². The molecule has 0 aliphatic rings. The maximum Gasteiger partial charge on any atom is 0.354 e. The molecule has 126 valence electrons. The molecule has 0 amide bonds. The smallest absolute Gasteiger partial charge is 0.354 e. The summed E-state index contributed by atoms with van der Waals surface area (Å²) in [6.45, 7) is 0. The SMILES string of the molecule is COC(=O)/C=C(\Nc1cc(OC)c(OC)cc1OC)C(=O)OC. The zero-order chi connectivity index (χ0) is 17.4. The summed E-state index contributed by atoms with van der Waals surface area (Å²) in [4.78, 5) is 23.2. The van der Waals surface area contributed by atoms with Crippen molar-refractivity contribution in [3.8, 4) is 17.2 Å². The largest absolute Gasteiger partial charge is 0.494 e. The number of hydrogen-bond donors (Lipinski definition) is 1. The van der Waals surface area contributed by atoms with Gasteiger partial charge in [-0.05, 0) is 0 Å². The van der Waals surface area contributed by atoms with Crippen molar-refractivity contribution in [2.24, 2.45) is 0 Å². The van der Waals surface area contributed by atoms with E-state index in [1.165, 1.54) is 35.5 Å². The van der Waals surface area contributed by atoms with Gasteiger partial charge in [0.15, 0.2) is 11.5 Å². The minimum absolute atomic E-state index is 0.120. The van der Waals surface area contributed by atoms with Crippen LogP contribution in [0.25, 0.3) is 0 Å². The van der Waals surface area contributed by atoms with E-state index in [-0.39, 0.29) is 5.70 Å². The van der Waals surface area contributed by atoms with Gasteiger partial charge >= 0.3 is 11.9 Å². The number of benzene rings is 1. The molecule has 0 fully saturated rings. The molecule has 8 heteroatoms. The van der Waals surface area contributed by atoms with Crippen LogP contribution >= 0.6 is 0 Å². The molecule has 0 radical (unpaired) electrons. The van der Waals surface area contributed by atoms with Crippen LogP contribution in [0.4, 0.5) is 5.69 Å². The minimum Gasteiger partial charge on any atom is -0.494 e. The molecule has 0 unspecified atom stereocenters. The number of carbonyl (C=O) groups excluding carboxylic acids is 2. The second-order valence-corrected chi connectivity index (χ2v) is 4.11. The normalized spacial score (nSPS) is 10.6. The fraction of sp³-hybridized carbons (Fsp3) is 0.333. The van der Waals surface area contributed by atoms with Crippen molar-refractivity contribution in [3.63, 3.8) is 0 Å². The van der Waals surface area contributed by atoms with Crippen LogP contribution in [-0.4, -0.2) is 47.5 Å². The van der Waals surface area contributed by atoms with Gasteiger partial charge in [-0.2, -0.15) is 0 Å². The molecule has 0 saturated carbocycles. The van der Waals surface area contributed by atoms with Gasteiger partial charge in [0, 0.05) is 12.1 Å². The summed E-state index contributed by atoms with van der Waals surface area (Å²) in [5.41, 5.74) is 0.260. The van der Waals surface area contributed by atoms with Crippen LogP contribution in [0.1, 0.15) is 0 Å². The number of ether oxygens (including phenoxy) is 5. The van der Waals surface area contributed by atoms with E-state index in [4.69, 9.17) is 14.2 Å². The van der Waals surface area contributed by atoms with E-state index in [0.717, 1.165) is 6.08 Å². The second kappa shape index (κ2) is 8.52. The molecule has 0 saturated heterocycles. The van der Waals surface area contributed by atoms with Crippen LogP contribution in [0.3, 0.4) is 0 Å². The molecule has 0 bridgehead atoms. The molecule has 1 rings (SSSR count). The van der Waals surface area contributed by atoms with Gasteiger partial charge in [0.05, 0.1) is 47.3 Å². The van der Waals surface area contributed by atoms with Gasteiger partial charge in [-0.1, -0.05) is 0 Å². The van der Waals surface area contributed by atoms with Crippen LogP contribution in [0, 0.1) is 0 Å². The van der Waals surface area contributed by atoms with Crippen molar-refractivity contribution in [1.82, 2.24) is 0 Å². The van der Waals surface area contributed by atoms with Crippen LogP contribution in [0.15, 0.2) is 23.9 Å². The summed E-state index contributed by atoms with van der Waals surface area (Å²) in [6.07, 6.45) is 0.974. The summed E-state index contributed by atoms with van der Waals surface area (Å²) in [5, 5.41) is 2.77. The van der Waals surface area contributed by atoms with E-state index in [0.29, 0.717) is 22.9 Å². The highest BCUT2D eigenvalue weighted by atomic mass is 16.5. The molecule has 23 heavy (non-hydrogen) atoms. The van der Waals surface area contributed by atoms with Crippen molar-refractivity contribution < 1.29 is 33.3 Å². The van der Waals surface area contributed by atoms with Crippen LogP contribution in [0.5, 0.6) is 17.2 Å². The van der Waals surface area contributed by atoms with Gasteiger partial charge in [-0.15, -0.1) is 0 Å². The van der Waals surface area contributed by atoms with Crippen molar-refractivity contribution in [3.05, 3.63) is 23.9 Å². The van der Waals surface area contributed by atoms with Crippen molar-refractivity contribution in [2.45, 2.75) is 0 Å². The minimum atomic E-state index is -0.743. The number of nitrogens with one attached hydrogen (secondary N) is 1. The molecule has 1 aromatic rings. The third kappa shape index (κ3) is 4.53. The average molecular weight is 325 g/mol. The number of hydrogen-bond acceptors (Lipinski definition) is 8. The molecule has 0 atom stereocenters. The van der Waals surface area contributed by atoms with E-state index >= 15 is 0 Å². The molecule has 1 N–H and O–H groups in total. The Kier molecular flexibility index (Phi) is 6.72. The Morgan fingerprint density at radius 3 is 1.91 bits per heavy atom. The Morgan fingerprint density at radius 2 is 1.43 bits per heavy atom. The van der Waals surface area contributed by atoms with E-state index in [1.54, 1.807) is 12.1 Å². The molecular formula is C15H19NO7. The molecular weight excluding hydrogens is 306 g/mol. The third-order valence-electron chi connectivity index (χ3n) is 2.84. The number of methoxy groups -OCH3 is 5. The van der Waals surface area contributed by atoms with Gasteiger partial charge in [0.25, 0.3) is 0 Å². The number of carbonyl (C=O) groups is 2. The summed E-state index contributed by atoms with van der Waals surface area (Å²) < 4.78 is 24.8. The van der Waals surface area contributed by atoms with Crippen LogP contribution in [-0.2, 0) is 19.1 Å². The Labute approximate surface area is 133 Å². The first-order chi connectivity index (χ1) is 11.0. The zero-order valence-electron chi connectivity index (χ0n) is 13.6. The van der Waals surface area contributed by atoms with Crippen molar-refractivity contribution in [2.75, 3.05) is 40.9 Å². The lowest BCUT2D eigenvalue weighted by atomic mass is 10.2. The molecule has 0 aliphatic heterocycles. The molecule has 1 aromatic carbocycles. The molecule has 0 spiro atoms. The molecule has 0 aliphatic carbocycles. The summed E-state index contributed by atoms with van der Waals surface area (Å²) in [7, 11) is 6.81. The Bertz CT molecular complexity index is 610. The highest BCUT2D eigenvalue weighted by molar-refractivity contribution is 5.99. The molecule has 0 aromatic heterocycles. The first kappa shape index (κ1) is 18.1. The van der Waals surface area contributed by atoms with E-state index < -0.39 is 11.9 Å². The highest BCUT2D eigenvalue weighted by Gasteiger charge is 2.17. The fourth-order valence-corrected chi connectivity index (χ4v) is 1.70. The average Bonchev–Trinajstić information content (AvgIpc) is 2.59. The summed E-state index contributed by atoms with van der Waals surface area (Å²) >= 11 is 0. The van der Waals surface area contributed by atoms with E-state index in [1.807, 2.05) is 0 Å². The number of rotatable bonds is 7. The van der Waals surface area contributed by atoms with Gasteiger partial charge in [0.1, 0.15) is 11.4 Å². The lowest BCUT2D eigenvalue weighted by Crippen LogP contribution is -2.16. The Balaban J connectivity index is 3.29. The summed E-state index contributed by atoms with van der Waals surface area (Å²) in [5.74, 6) is -0.212. The lowest BCUT2D eigenvalue weighted by Gasteiger charge is -2.16. The zero-order valence-corrected chi connectivity index (χ0v) is 13.6. The first-order valence-electron chi connectivity index (χ1n) is 6.45. The standard InChI is InChI=1S/C15H19NO7/c1-19-11-8-13(21-3)12(20-2)6-9(11)16-10(15(18)23-5)7-14(17)22-4/h6-8,16H,1-5H3/b10-7-. The van der Waals surface area contributed by atoms with Gasteiger partial charge in [0.2, 0.25) is 0 Å². The monoisotopic (exact) mass is 325 g/mol. The maximum atomic E-state index is 11.8. The fourth-order valence-electron chi connectivity index (χ4n) is 1.70. The number of anilines is 1. The van der Waals surface area contributed by atoms with E-state index in [2.05, 4.69) is 14.8 Å². The van der Waals surface area contributed by atoms with Gasteiger partial charge < -0.3 is 29.0 Å². The second-order valence-electron chi connectivity index (χ2n) is 4.11. The first-order valence-corrected chi connectivity index (χ1v) is 6.45. The lowest BCUT2D eigenvalue weighted by molar-refractivity contribution is -0.138. The highest BCUT2D eigenvalue weighted by Crippen LogP contribution is 2.38. The van der Waals surface area contributed by atoms with Crippen LogP contribution in [0.2, 0.25) is 0 Å². The Hall–Kier alpha value is -2.90. The van der Waals surface area contributed by atoms with Gasteiger partial charge in [-0.3, -0.25) is 0 Å². The van der Waals surface area contributed by atoms with E-state index in [9.17, 15) is 9.59 Å². The van der Waals surface area contributed by atoms with Crippen molar-refractivity contribution >= 4 is 17.6 Å². The topological polar surface area (TPSA) is 92.3 Å². The predicted octanol–water partition coefficient (Wildman–Crippen LogP) is 1.35. The van der Waals surface area contributed by atoms with Crippen LogP contribution < -0.4 is 19.5 Å². The maximum absolute atomic E-state index is 11.8. The molecule has 8 nitrogen and oxygen atoms in total. The molecule has 0 heterocycles. The van der Waals surface area contributed by atoms with Gasteiger partial charge in [-0.25, -0.2) is 9.59 Å². The number of esters is 2. The Morgan fingerprint density at radius 1 is 0.870 bits per heavy atom.